The van der Waals surface area contributed by atoms with E-state index < -0.39 is 10.0 Å². The highest BCUT2D eigenvalue weighted by molar-refractivity contribution is 7.92. The van der Waals surface area contributed by atoms with Crippen molar-refractivity contribution in [2.75, 3.05) is 10.5 Å². The van der Waals surface area contributed by atoms with Gasteiger partial charge >= 0.3 is 0 Å². The fraction of sp³-hybridized carbons (Fsp3) is 0.500. The molecule has 0 amide bonds. The Morgan fingerprint density at radius 1 is 1.32 bits per heavy atom. The molecule has 2 heterocycles. The molecule has 2 unspecified atom stereocenters. The summed E-state index contributed by atoms with van der Waals surface area (Å²) in [7, 11) is -3.23. The number of anilines is 1. The van der Waals surface area contributed by atoms with Crippen LogP contribution in [0.5, 0.6) is 0 Å². The molecule has 2 N–H and O–H groups in total. The normalized spacial score (nSPS) is 18.6. The molecule has 1 aliphatic heterocycles. The Labute approximate surface area is 149 Å². The molecular weight excluding hydrogens is 336 g/mol. The van der Waals surface area contributed by atoms with E-state index in [-0.39, 0.29) is 11.8 Å². The first-order valence-electron chi connectivity index (χ1n) is 8.75. The van der Waals surface area contributed by atoms with Gasteiger partial charge in [0.05, 0.1) is 11.4 Å². The van der Waals surface area contributed by atoms with Crippen LogP contribution < -0.4 is 10.0 Å². The second kappa shape index (κ2) is 7.17. The van der Waals surface area contributed by atoms with Crippen LogP contribution in [0.4, 0.5) is 5.69 Å². The molecule has 0 saturated heterocycles. The lowest BCUT2D eigenvalue weighted by Crippen LogP contribution is -2.38. The van der Waals surface area contributed by atoms with E-state index in [1.807, 2.05) is 31.2 Å². The molecule has 7 heteroatoms. The summed E-state index contributed by atoms with van der Waals surface area (Å²) in [5.41, 5.74) is 2.83. The Morgan fingerprint density at radius 2 is 2.04 bits per heavy atom. The Balaban J connectivity index is 1.61. The van der Waals surface area contributed by atoms with Crippen molar-refractivity contribution in [1.29, 1.82) is 0 Å². The number of hydrogen-bond donors (Lipinski definition) is 2. The summed E-state index contributed by atoms with van der Waals surface area (Å²) >= 11 is 0. The number of aromatic nitrogens is 2. The molecule has 25 heavy (non-hydrogen) atoms. The number of benzene rings is 1. The highest BCUT2D eigenvalue weighted by Gasteiger charge is 2.21. The summed E-state index contributed by atoms with van der Waals surface area (Å²) < 4.78 is 28.1. The standard InChI is InChI=1S/C18H26N4O2S/c1-4-25(23,24)21-16-7-5-15(6-8-16)14(3)20-17-9-10-18-19-13(2)11-22(18)12-17/h5-8,11,14,17,20-21H,4,9-10,12H2,1-3H3. The van der Waals surface area contributed by atoms with Crippen LogP contribution in [0.15, 0.2) is 30.5 Å². The molecule has 0 fully saturated rings. The van der Waals surface area contributed by atoms with Crippen LogP contribution in [0.2, 0.25) is 0 Å². The molecule has 6 nitrogen and oxygen atoms in total. The van der Waals surface area contributed by atoms with Crippen LogP contribution in [-0.2, 0) is 23.0 Å². The van der Waals surface area contributed by atoms with Crippen molar-refractivity contribution in [1.82, 2.24) is 14.9 Å². The van der Waals surface area contributed by atoms with Crippen LogP contribution in [-0.4, -0.2) is 29.8 Å². The van der Waals surface area contributed by atoms with Crippen LogP contribution >= 0.6 is 0 Å². The minimum absolute atomic E-state index is 0.0735. The van der Waals surface area contributed by atoms with Gasteiger partial charge in [0.1, 0.15) is 5.82 Å². The van der Waals surface area contributed by atoms with Gasteiger partial charge in [-0.25, -0.2) is 13.4 Å². The molecule has 0 spiro atoms. The molecule has 2 aromatic rings. The van der Waals surface area contributed by atoms with E-state index in [1.54, 1.807) is 6.92 Å². The molecule has 136 valence electrons. The molecule has 2 atom stereocenters. The highest BCUT2D eigenvalue weighted by atomic mass is 32.2. The summed E-state index contributed by atoms with van der Waals surface area (Å²) in [6.45, 7) is 6.74. The van der Waals surface area contributed by atoms with Crippen molar-refractivity contribution in [3.05, 3.63) is 47.5 Å². The monoisotopic (exact) mass is 362 g/mol. The molecule has 1 aliphatic rings. The summed E-state index contributed by atoms with van der Waals surface area (Å²) in [6, 6.07) is 8.20. The maximum atomic E-state index is 11.6. The first kappa shape index (κ1) is 17.9. The van der Waals surface area contributed by atoms with Crippen LogP contribution in [0, 0.1) is 6.92 Å². The zero-order chi connectivity index (χ0) is 18.0. The topological polar surface area (TPSA) is 76.0 Å². The summed E-state index contributed by atoms with van der Waals surface area (Å²) in [6.07, 6.45) is 4.19. The van der Waals surface area contributed by atoms with E-state index in [4.69, 9.17) is 0 Å². The van der Waals surface area contributed by atoms with E-state index >= 15 is 0 Å². The number of rotatable bonds is 6. The molecule has 0 radical (unpaired) electrons. The lowest BCUT2D eigenvalue weighted by atomic mass is 10.0. The zero-order valence-corrected chi connectivity index (χ0v) is 15.8. The van der Waals surface area contributed by atoms with Crippen molar-refractivity contribution in [3.63, 3.8) is 0 Å². The Hall–Kier alpha value is -1.86. The second-order valence-electron chi connectivity index (χ2n) is 6.70. The van der Waals surface area contributed by atoms with Crippen LogP contribution in [0.3, 0.4) is 0 Å². The molecule has 0 saturated carbocycles. The lowest BCUT2D eigenvalue weighted by molar-refractivity contribution is 0.351. The van der Waals surface area contributed by atoms with Crippen LogP contribution in [0.25, 0.3) is 0 Å². The van der Waals surface area contributed by atoms with E-state index in [0.717, 1.165) is 30.6 Å². The van der Waals surface area contributed by atoms with Crippen LogP contribution in [0.1, 0.15) is 43.4 Å². The highest BCUT2D eigenvalue weighted by Crippen LogP contribution is 2.21. The number of fused-ring (bicyclic) bond motifs is 1. The number of nitrogens with one attached hydrogen (secondary N) is 2. The SMILES string of the molecule is CCS(=O)(=O)Nc1ccc(C(C)NC2CCc3nc(C)cn3C2)cc1. The molecule has 0 bridgehead atoms. The predicted molar refractivity (Wildman–Crippen MR) is 100 cm³/mol. The smallest absolute Gasteiger partial charge is 0.232 e. The van der Waals surface area contributed by atoms with Crippen molar-refractivity contribution < 1.29 is 8.42 Å². The summed E-state index contributed by atoms with van der Waals surface area (Å²) in [4.78, 5) is 4.55. The molecule has 0 aliphatic carbocycles. The maximum Gasteiger partial charge on any atom is 0.232 e. The molecular formula is C18H26N4O2S. The summed E-state index contributed by atoms with van der Waals surface area (Å²) in [5, 5.41) is 3.68. The van der Waals surface area contributed by atoms with Gasteiger partial charge in [-0.2, -0.15) is 0 Å². The summed E-state index contributed by atoms with van der Waals surface area (Å²) in [5.74, 6) is 1.25. The third kappa shape index (κ3) is 4.41. The van der Waals surface area contributed by atoms with E-state index in [9.17, 15) is 8.42 Å². The average molecular weight is 362 g/mol. The third-order valence-electron chi connectivity index (χ3n) is 4.66. The zero-order valence-electron chi connectivity index (χ0n) is 15.0. The van der Waals surface area contributed by atoms with E-state index in [0.29, 0.717) is 11.7 Å². The van der Waals surface area contributed by atoms with Crippen molar-refractivity contribution in [3.8, 4) is 0 Å². The fourth-order valence-corrected chi connectivity index (χ4v) is 3.90. The third-order valence-corrected chi connectivity index (χ3v) is 5.97. The van der Waals surface area contributed by atoms with Gasteiger partial charge in [0.25, 0.3) is 0 Å². The van der Waals surface area contributed by atoms with Gasteiger partial charge in [-0.15, -0.1) is 0 Å². The molecule has 1 aromatic carbocycles. The predicted octanol–water partition coefficient (Wildman–Crippen LogP) is 2.62. The first-order chi connectivity index (χ1) is 11.9. The Bertz CT molecular complexity index is 827. The maximum absolute atomic E-state index is 11.6. The van der Waals surface area contributed by atoms with Gasteiger partial charge < -0.3 is 9.88 Å². The Morgan fingerprint density at radius 3 is 2.72 bits per heavy atom. The Kier molecular flexibility index (Phi) is 5.15. The van der Waals surface area contributed by atoms with E-state index in [2.05, 4.69) is 32.7 Å². The van der Waals surface area contributed by atoms with Gasteiger partial charge in [-0.05, 0) is 44.9 Å². The minimum atomic E-state index is -3.23. The van der Waals surface area contributed by atoms with Crippen molar-refractivity contribution in [2.24, 2.45) is 0 Å². The van der Waals surface area contributed by atoms with Gasteiger partial charge in [-0.3, -0.25) is 4.72 Å². The van der Waals surface area contributed by atoms with E-state index in [1.165, 1.54) is 5.82 Å². The lowest BCUT2D eigenvalue weighted by Gasteiger charge is -2.28. The van der Waals surface area contributed by atoms with Gasteiger partial charge in [0, 0.05) is 36.9 Å². The molecule has 3 rings (SSSR count). The quantitative estimate of drug-likeness (QED) is 0.828. The van der Waals surface area contributed by atoms with Crippen molar-refractivity contribution in [2.45, 2.75) is 52.2 Å². The first-order valence-corrected chi connectivity index (χ1v) is 10.4. The minimum Gasteiger partial charge on any atom is -0.333 e. The van der Waals surface area contributed by atoms with Gasteiger partial charge in [-0.1, -0.05) is 12.1 Å². The average Bonchev–Trinajstić information content (AvgIpc) is 2.94. The largest absolute Gasteiger partial charge is 0.333 e. The number of hydrogen-bond acceptors (Lipinski definition) is 4. The van der Waals surface area contributed by atoms with Crippen molar-refractivity contribution >= 4 is 15.7 Å². The fourth-order valence-electron chi connectivity index (χ4n) is 3.26. The number of aryl methyl sites for hydroxylation is 2. The number of nitrogens with zero attached hydrogens (tertiary/aromatic N) is 2. The second-order valence-corrected chi connectivity index (χ2v) is 8.71. The number of imidazole rings is 1. The van der Waals surface area contributed by atoms with Gasteiger partial charge in [0.15, 0.2) is 0 Å². The number of sulfonamides is 1. The van der Waals surface area contributed by atoms with Gasteiger partial charge in [0.2, 0.25) is 10.0 Å². The molecule has 1 aromatic heterocycles.